The van der Waals surface area contributed by atoms with Gasteiger partial charge in [0.1, 0.15) is 23.9 Å². The molecular weight excluding hydrogens is 511 g/mol. The third kappa shape index (κ3) is 10.6. The van der Waals surface area contributed by atoms with Crippen LogP contribution in [0.3, 0.4) is 0 Å². The second-order valence-corrected chi connectivity index (χ2v) is 10.1. The first-order valence-corrected chi connectivity index (χ1v) is 12.8. The number of halogens is 2. The van der Waals surface area contributed by atoms with Gasteiger partial charge in [-0.3, -0.25) is 9.59 Å². The number of aliphatic hydroxyl groups is 1. The van der Waals surface area contributed by atoms with Crippen molar-refractivity contribution in [2.45, 2.75) is 65.0 Å². The maximum absolute atomic E-state index is 13.5. The lowest BCUT2D eigenvalue weighted by Gasteiger charge is -2.30. The van der Waals surface area contributed by atoms with E-state index in [2.05, 4.69) is 5.16 Å². The molecule has 1 heterocycles. The lowest BCUT2D eigenvalue weighted by Crippen LogP contribution is -2.41. The van der Waals surface area contributed by atoms with E-state index in [-0.39, 0.29) is 30.0 Å². The van der Waals surface area contributed by atoms with Crippen molar-refractivity contribution >= 4 is 23.5 Å². The lowest BCUT2D eigenvalue weighted by atomic mass is 9.98. The standard InChI is InChI=1S/C19H27ClFNO4.C10H9NO/c1-13(23)26-12-15(10-11-19(2,3)25)22(4)17(24)9-8-14-6-5-7-16(21)18(14)20;1-8-7-10(11-12-8)9-5-3-2-4-6-9/h5-7,15,25H,8-12H2,1-4H3;2-7H,1H3. The van der Waals surface area contributed by atoms with Crippen LogP contribution < -0.4 is 0 Å². The molecular formula is C29H36ClFN2O5. The van der Waals surface area contributed by atoms with E-state index in [0.717, 1.165) is 17.0 Å². The number of carbonyl (C=O) groups is 2. The molecule has 0 radical (unpaired) electrons. The Labute approximate surface area is 228 Å². The Morgan fingerprint density at radius 3 is 2.45 bits per heavy atom. The number of hydrogen-bond donors (Lipinski definition) is 1. The fourth-order valence-corrected chi connectivity index (χ4v) is 3.82. The summed E-state index contributed by atoms with van der Waals surface area (Å²) in [6, 6.07) is 16.1. The molecule has 3 aromatic rings. The van der Waals surface area contributed by atoms with Crippen LogP contribution in [0.4, 0.5) is 4.39 Å². The molecule has 0 fully saturated rings. The molecule has 0 bridgehead atoms. The summed E-state index contributed by atoms with van der Waals surface area (Å²) in [5.74, 6) is -0.263. The van der Waals surface area contributed by atoms with Crippen LogP contribution in [0.1, 0.15) is 51.4 Å². The van der Waals surface area contributed by atoms with E-state index in [1.54, 1.807) is 33.0 Å². The molecule has 1 unspecified atom stereocenters. The fraction of sp³-hybridized carbons (Fsp3) is 0.414. The van der Waals surface area contributed by atoms with E-state index in [1.807, 2.05) is 43.3 Å². The Balaban J connectivity index is 0.000000347. The summed E-state index contributed by atoms with van der Waals surface area (Å²) in [6.45, 7) is 6.63. The summed E-state index contributed by atoms with van der Waals surface area (Å²) in [4.78, 5) is 25.1. The lowest BCUT2D eigenvalue weighted by molar-refractivity contribution is -0.146. The molecule has 0 spiro atoms. The number of ether oxygens (including phenoxy) is 1. The summed E-state index contributed by atoms with van der Waals surface area (Å²) in [6.07, 6.45) is 1.40. The van der Waals surface area contributed by atoms with Crippen LogP contribution in [0.25, 0.3) is 11.3 Å². The molecule has 1 aromatic heterocycles. The van der Waals surface area contributed by atoms with E-state index < -0.39 is 17.4 Å². The average Bonchev–Trinajstić information content (AvgIpc) is 3.31. The number of amides is 1. The first-order chi connectivity index (χ1) is 17.9. The first kappa shape index (κ1) is 31.0. The predicted molar refractivity (Wildman–Crippen MR) is 145 cm³/mol. The molecule has 1 atom stereocenters. The van der Waals surface area contributed by atoms with Gasteiger partial charge in [-0.1, -0.05) is 59.2 Å². The highest BCUT2D eigenvalue weighted by molar-refractivity contribution is 6.31. The zero-order chi connectivity index (χ0) is 28.3. The van der Waals surface area contributed by atoms with Gasteiger partial charge < -0.3 is 19.3 Å². The Kier molecular flexibility index (Phi) is 11.9. The van der Waals surface area contributed by atoms with Crippen LogP contribution in [0, 0.1) is 12.7 Å². The van der Waals surface area contributed by atoms with Crippen LogP contribution in [0.5, 0.6) is 0 Å². The molecule has 1 amide bonds. The number of benzene rings is 2. The zero-order valence-corrected chi connectivity index (χ0v) is 23.3. The first-order valence-electron chi connectivity index (χ1n) is 12.4. The molecule has 0 saturated carbocycles. The monoisotopic (exact) mass is 546 g/mol. The number of carbonyl (C=O) groups excluding carboxylic acids is 2. The summed E-state index contributed by atoms with van der Waals surface area (Å²) in [7, 11) is 1.63. The van der Waals surface area contributed by atoms with Gasteiger partial charge in [-0.2, -0.15) is 0 Å². The number of aryl methyl sites for hydroxylation is 2. The molecule has 0 saturated heterocycles. The molecule has 9 heteroatoms. The number of aromatic nitrogens is 1. The van der Waals surface area contributed by atoms with Gasteiger partial charge in [0, 0.05) is 32.0 Å². The summed E-state index contributed by atoms with van der Waals surface area (Å²) in [5, 5.41) is 13.9. The minimum atomic E-state index is -0.881. The third-order valence-electron chi connectivity index (χ3n) is 5.85. The predicted octanol–water partition coefficient (Wildman–Crippen LogP) is 6.00. The molecule has 0 aliphatic carbocycles. The van der Waals surface area contributed by atoms with Crippen molar-refractivity contribution in [3.05, 3.63) is 76.8 Å². The molecule has 0 aliphatic rings. The van der Waals surface area contributed by atoms with Crippen molar-refractivity contribution in [2.75, 3.05) is 13.7 Å². The van der Waals surface area contributed by atoms with Crippen molar-refractivity contribution in [2.24, 2.45) is 0 Å². The SMILES string of the molecule is CC(=O)OCC(CCC(C)(C)O)N(C)C(=O)CCc1cccc(F)c1Cl.Cc1cc(-c2ccccc2)no1. The summed E-state index contributed by atoms with van der Waals surface area (Å²) < 4.78 is 23.5. The van der Waals surface area contributed by atoms with Crippen molar-refractivity contribution in [1.82, 2.24) is 10.1 Å². The molecule has 0 aliphatic heterocycles. The Bertz CT molecular complexity index is 1180. The largest absolute Gasteiger partial charge is 0.464 e. The van der Waals surface area contributed by atoms with Crippen LogP contribution in [-0.2, 0) is 20.7 Å². The number of esters is 1. The second kappa shape index (κ2) is 14.6. The number of nitrogens with zero attached hydrogens (tertiary/aromatic N) is 2. The van der Waals surface area contributed by atoms with Gasteiger partial charge in [0.2, 0.25) is 5.91 Å². The quantitative estimate of drug-likeness (QED) is 0.313. The highest BCUT2D eigenvalue weighted by Gasteiger charge is 2.24. The van der Waals surface area contributed by atoms with Crippen LogP contribution in [0.2, 0.25) is 5.02 Å². The Morgan fingerprint density at radius 1 is 1.18 bits per heavy atom. The average molecular weight is 547 g/mol. The second-order valence-electron chi connectivity index (χ2n) is 9.71. The fourth-order valence-electron chi connectivity index (χ4n) is 3.60. The van der Waals surface area contributed by atoms with E-state index in [0.29, 0.717) is 24.8 Å². The Hall–Kier alpha value is -3.23. The highest BCUT2D eigenvalue weighted by Crippen LogP contribution is 2.22. The minimum absolute atomic E-state index is 0.0291. The zero-order valence-electron chi connectivity index (χ0n) is 22.5. The van der Waals surface area contributed by atoms with Gasteiger partial charge in [-0.15, -0.1) is 0 Å². The Morgan fingerprint density at radius 2 is 1.87 bits per heavy atom. The van der Waals surface area contributed by atoms with Crippen molar-refractivity contribution in [1.29, 1.82) is 0 Å². The van der Waals surface area contributed by atoms with Crippen LogP contribution in [-0.4, -0.2) is 52.3 Å². The van der Waals surface area contributed by atoms with E-state index in [1.165, 1.54) is 17.9 Å². The van der Waals surface area contributed by atoms with Gasteiger partial charge in [-0.25, -0.2) is 4.39 Å². The van der Waals surface area contributed by atoms with Crippen LogP contribution in [0.15, 0.2) is 59.1 Å². The van der Waals surface area contributed by atoms with Gasteiger partial charge in [0.05, 0.1) is 16.7 Å². The molecule has 2 aromatic carbocycles. The van der Waals surface area contributed by atoms with Crippen molar-refractivity contribution < 1.29 is 28.3 Å². The summed E-state index contributed by atoms with van der Waals surface area (Å²) >= 11 is 5.92. The van der Waals surface area contributed by atoms with E-state index in [9.17, 15) is 19.1 Å². The molecule has 3 rings (SSSR count). The van der Waals surface area contributed by atoms with Crippen LogP contribution >= 0.6 is 11.6 Å². The highest BCUT2D eigenvalue weighted by atomic mass is 35.5. The normalized spacial score (nSPS) is 11.8. The smallest absolute Gasteiger partial charge is 0.302 e. The van der Waals surface area contributed by atoms with E-state index in [4.69, 9.17) is 20.9 Å². The summed E-state index contributed by atoms with van der Waals surface area (Å²) in [5.41, 5.74) is 1.68. The minimum Gasteiger partial charge on any atom is -0.464 e. The van der Waals surface area contributed by atoms with Gasteiger partial charge >= 0.3 is 5.97 Å². The number of rotatable bonds is 10. The van der Waals surface area contributed by atoms with E-state index >= 15 is 0 Å². The third-order valence-corrected chi connectivity index (χ3v) is 6.27. The van der Waals surface area contributed by atoms with Crippen molar-refractivity contribution in [3.63, 3.8) is 0 Å². The molecule has 1 N–H and O–H groups in total. The molecule has 7 nitrogen and oxygen atoms in total. The van der Waals surface area contributed by atoms with Gasteiger partial charge in [0.25, 0.3) is 0 Å². The maximum atomic E-state index is 13.5. The van der Waals surface area contributed by atoms with Gasteiger partial charge in [0.15, 0.2) is 0 Å². The van der Waals surface area contributed by atoms with Gasteiger partial charge in [-0.05, 0) is 51.7 Å². The van der Waals surface area contributed by atoms with Crippen molar-refractivity contribution in [3.8, 4) is 11.3 Å². The number of likely N-dealkylation sites (N-methyl/N-ethyl adjacent to an activating group) is 1. The molecule has 206 valence electrons. The maximum Gasteiger partial charge on any atom is 0.302 e. The topological polar surface area (TPSA) is 92.9 Å². The molecule has 38 heavy (non-hydrogen) atoms. The number of hydrogen-bond acceptors (Lipinski definition) is 6.